The normalized spacial score (nSPS) is 17.9. The van der Waals surface area contributed by atoms with E-state index in [0.717, 1.165) is 57.1 Å². The molecule has 2 fully saturated rings. The Balaban J connectivity index is 0.000000252. The third-order valence-corrected chi connectivity index (χ3v) is 14.7. The van der Waals surface area contributed by atoms with Crippen LogP contribution in [0.1, 0.15) is 92.6 Å². The van der Waals surface area contributed by atoms with Crippen LogP contribution >= 0.6 is 23.2 Å². The Morgan fingerprint density at radius 3 is 1.74 bits per heavy atom. The summed E-state index contributed by atoms with van der Waals surface area (Å²) in [7, 11) is 1.15. The molecule has 1 aliphatic heterocycles. The van der Waals surface area contributed by atoms with E-state index >= 15 is 0 Å². The molecule has 85 heavy (non-hydrogen) atoms. The first kappa shape index (κ1) is 64.8. The van der Waals surface area contributed by atoms with E-state index in [2.05, 4.69) is 37.6 Å². The predicted molar refractivity (Wildman–Crippen MR) is 302 cm³/mol. The first-order valence-electron chi connectivity index (χ1n) is 27.0. The van der Waals surface area contributed by atoms with Gasteiger partial charge in [-0.2, -0.15) is 30.7 Å². The lowest BCUT2D eigenvalue weighted by Crippen LogP contribution is -2.63. The van der Waals surface area contributed by atoms with Gasteiger partial charge >= 0.3 is 42.8 Å². The summed E-state index contributed by atoms with van der Waals surface area (Å²) >= 11 is 12.2. The predicted octanol–water partition coefficient (Wildman–Crippen LogP) is 13.5. The standard InChI is InChI=1S/C33H35ClF4N4O6.C28H28ClF4N3O/c1-31(2,3)48-30(45)42-16-15-41(20-25(42)27(43)46-4)29(44)40-32(18-21-9-6-5-7-10-21,26-14-13-23(34)19-39-26)22-11-8-12-24(17-22)47-33(37,38)28(35)36;1-18-7-10-24(11-8-18)35-26(37)36-27(16-19-5-3-2-4-6-19,25-12-9-22(29)17-34-25)20-13-21(28(31,32)33)15-23(30)14-20/h5-14,17,19,25,28H,15-16,18,20H2,1-4H3,(H,40,44);2-6,9,12-15,17-18,24H,7-8,10-11,16H2,1H3,(H2,35,36,37)/t25?,32-;18?,24?,27-/m11/s1. The Morgan fingerprint density at radius 2 is 1.24 bits per heavy atom. The van der Waals surface area contributed by atoms with Crippen molar-refractivity contribution in [2.75, 3.05) is 26.7 Å². The maximum atomic E-state index is 14.7. The van der Waals surface area contributed by atoms with Crippen LogP contribution < -0.4 is 20.7 Å². The van der Waals surface area contributed by atoms with Gasteiger partial charge in [-0.1, -0.05) is 103 Å². The maximum absolute atomic E-state index is 14.7. The highest BCUT2D eigenvalue weighted by molar-refractivity contribution is 6.30. The molecule has 0 radical (unpaired) electrons. The van der Waals surface area contributed by atoms with Gasteiger partial charge in [-0.05, 0) is 129 Å². The van der Waals surface area contributed by atoms with E-state index < -0.39 is 82.7 Å². The highest BCUT2D eigenvalue weighted by atomic mass is 35.5. The van der Waals surface area contributed by atoms with Crippen LogP contribution in [0.25, 0.3) is 0 Å². The Bertz CT molecular complexity index is 3230. The summed E-state index contributed by atoms with van der Waals surface area (Å²) in [5.74, 6) is -1.86. The van der Waals surface area contributed by atoms with Crippen molar-refractivity contribution in [2.45, 2.75) is 114 Å². The number of pyridine rings is 2. The molecule has 1 saturated heterocycles. The van der Waals surface area contributed by atoms with Gasteiger partial charge in [0.15, 0.2) is 6.04 Å². The average molecular weight is 1230 g/mol. The van der Waals surface area contributed by atoms with Crippen molar-refractivity contribution in [3.05, 3.63) is 195 Å². The second-order valence-corrected chi connectivity index (χ2v) is 22.6. The number of nitrogens with one attached hydrogen (secondary N) is 3. The number of amides is 5. The second kappa shape index (κ2) is 27.5. The van der Waals surface area contributed by atoms with Gasteiger partial charge in [0, 0.05) is 44.4 Å². The van der Waals surface area contributed by atoms with E-state index in [9.17, 15) is 54.3 Å². The smallest absolute Gasteiger partial charge is 0.461 e. The molecule has 1 aliphatic carbocycles. The lowest BCUT2D eigenvalue weighted by atomic mass is 9.79. The number of halogens is 10. The zero-order valence-corrected chi connectivity index (χ0v) is 48.4. The Kier molecular flexibility index (Phi) is 21.0. The number of ether oxygens (including phenoxy) is 3. The van der Waals surface area contributed by atoms with Crippen LogP contribution in [0.15, 0.2) is 140 Å². The van der Waals surface area contributed by atoms with Crippen molar-refractivity contribution >= 4 is 47.3 Å². The molecular weight excluding hydrogens is 1170 g/mol. The molecule has 4 aromatic carbocycles. The van der Waals surface area contributed by atoms with E-state index in [1.807, 2.05) is 0 Å². The van der Waals surface area contributed by atoms with Crippen LogP contribution in [-0.4, -0.2) is 101 Å². The summed E-state index contributed by atoms with van der Waals surface area (Å²) in [6, 6.07) is 28.7. The highest BCUT2D eigenvalue weighted by Crippen LogP contribution is 2.40. The minimum absolute atomic E-state index is 0.00120. The number of urea groups is 2. The SMILES string of the molecule is CC1CCC(NC(=O)N[C@](Cc2ccccc2)(c2cc(F)cc(C(F)(F)F)c2)c2ccc(Cl)cn2)CC1.COC(=O)C1CN(C(=O)N[C@](Cc2ccccc2)(c2cccc(OC(F)(F)C(F)F)c2)c2ccc(Cl)cn2)CCN1C(=O)OC(C)(C)C. The number of carbonyl (C=O) groups is 4. The molecule has 0 bridgehead atoms. The Morgan fingerprint density at radius 1 is 0.682 bits per heavy atom. The topological polar surface area (TPSA) is 164 Å². The Labute approximate surface area is 496 Å². The molecule has 8 rings (SSSR count). The molecule has 14 nitrogen and oxygen atoms in total. The van der Waals surface area contributed by atoms with Crippen LogP contribution in [-0.2, 0) is 44.4 Å². The fourth-order valence-corrected chi connectivity index (χ4v) is 10.3. The number of aromatic nitrogens is 2. The molecule has 1 saturated carbocycles. The highest BCUT2D eigenvalue weighted by Gasteiger charge is 2.47. The van der Waals surface area contributed by atoms with Crippen molar-refractivity contribution in [2.24, 2.45) is 5.92 Å². The summed E-state index contributed by atoms with van der Waals surface area (Å²) in [5.41, 5.74) is -3.34. The van der Waals surface area contributed by atoms with Crippen LogP contribution in [0.5, 0.6) is 5.75 Å². The molecule has 3 N–H and O–H groups in total. The Hall–Kier alpha value is -7.72. The number of rotatable bonds is 15. The van der Waals surface area contributed by atoms with Gasteiger partial charge in [-0.15, -0.1) is 0 Å². The van der Waals surface area contributed by atoms with Crippen LogP contribution in [0.3, 0.4) is 0 Å². The lowest BCUT2D eigenvalue weighted by Gasteiger charge is -2.42. The summed E-state index contributed by atoms with van der Waals surface area (Å²) in [6.07, 6.45) is -8.19. The molecular formula is C61H63Cl2F8N7O7. The van der Waals surface area contributed by atoms with E-state index in [4.69, 9.17) is 32.7 Å². The first-order chi connectivity index (χ1) is 40.1. The maximum Gasteiger partial charge on any atom is 0.461 e. The molecule has 6 aromatic rings. The van der Waals surface area contributed by atoms with E-state index in [1.165, 1.54) is 58.6 Å². The zero-order chi connectivity index (χ0) is 61.9. The zero-order valence-electron chi connectivity index (χ0n) is 46.9. The molecule has 454 valence electrons. The quantitative estimate of drug-likeness (QED) is 0.0670. The summed E-state index contributed by atoms with van der Waals surface area (Å²) < 4.78 is 125. The third kappa shape index (κ3) is 17.0. The molecule has 3 heterocycles. The van der Waals surface area contributed by atoms with Gasteiger partial charge in [-0.3, -0.25) is 14.9 Å². The number of esters is 1. The van der Waals surface area contributed by atoms with Gasteiger partial charge in [0.2, 0.25) is 0 Å². The van der Waals surface area contributed by atoms with Crippen molar-refractivity contribution < 1.29 is 68.5 Å². The lowest BCUT2D eigenvalue weighted by molar-refractivity contribution is -0.253. The van der Waals surface area contributed by atoms with Gasteiger partial charge in [0.25, 0.3) is 0 Å². The van der Waals surface area contributed by atoms with Gasteiger partial charge in [0.1, 0.15) is 28.2 Å². The van der Waals surface area contributed by atoms with E-state index in [0.29, 0.717) is 28.1 Å². The number of benzene rings is 4. The van der Waals surface area contributed by atoms with Crippen molar-refractivity contribution in [3.8, 4) is 5.75 Å². The first-order valence-corrected chi connectivity index (χ1v) is 27.7. The van der Waals surface area contributed by atoms with Gasteiger partial charge in [-0.25, -0.2) is 23.6 Å². The number of hydrogen-bond acceptors (Lipinski definition) is 9. The molecule has 0 spiro atoms. The molecule has 1 unspecified atom stereocenters. The number of nitrogens with zero attached hydrogens (tertiary/aromatic N) is 4. The fourth-order valence-electron chi connectivity index (χ4n) is 10.1. The van der Waals surface area contributed by atoms with E-state index in [1.54, 1.807) is 81.4 Å². The number of carbonyl (C=O) groups excluding carboxylic acids is 4. The summed E-state index contributed by atoms with van der Waals surface area (Å²) in [6.45, 7) is 6.79. The molecule has 3 atom stereocenters. The second-order valence-electron chi connectivity index (χ2n) is 21.7. The number of methoxy groups -OCH3 is 1. The van der Waals surface area contributed by atoms with Gasteiger partial charge < -0.3 is 35.1 Å². The fraction of sp³-hybridized carbons (Fsp3) is 0.377. The largest absolute Gasteiger partial charge is 0.467 e. The number of alkyl halides is 7. The van der Waals surface area contributed by atoms with Crippen LogP contribution in [0, 0.1) is 11.7 Å². The van der Waals surface area contributed by atoms with Crippen molar-refractivity contribution in [1.82, 2.24) is 35.7 Å². The minimum Gasteiger partial charge on any atom is -0.467 e. The van der Waals surface area contributed by atoms with Crippen molar-refractivity contribution in [3.63, 3.8) is 0 Å². The van der Waals surface area contributed by atoms with Crippen LogP contribution in [0.4, 0.5) is 49.5 Å². The van der Waals surface area contributed by atoms with Crippen LogP contribution in [0.2, 0.25) is 10.0 Å². The van der Waals surface area contributed by atoms with E-state index in [-0.39, 0.29) is 66.1 Å². The molecule has 2 aliphatic rings. The van der Waals surface area contributed by atoms with Crippen molar-refractivity contribution in [1.29, 1.82) is 0 Å². The number of hydrogen-bond donors (Lipinski definition) is 3. The molecule has 5 amide bonds. The molecule has 24 heteroatoms. The molecule has 2 aromatic heterocycles. The number of piperazine rings is 1. The summed E-state index contributed by atoms with van der Waals surface area (Å²) in [5, 5.41) is 9.44. The monoisotopic (exact) mass is 1230 g/mol. The summed E-state index contributed by atoms with van der Waals surface area (Å²) in [4.78, 5) is 64.7. The third-order valence-electron chi connectivity index (χ3n) is 14.3. The van der Waals surface area contributed by atoms with Gasteiger partial charge in [0.05, 0.1) is 40.7 Å². The minimum atomic E-state index is -4.79. The average Bonchev–Trinajstić information content (AvgIpc) is 2.67.